The smallest absolute Gasteiger partial charge is 0.256 e. The molecule has 12 heavy (non-hydrogen) atoms. The van der Waals surface area contributed by atoms with Gasteiger partial charge in [0.25, 0.3) is 5.88 Å². The summed E-state index contributed by atoms with van der Waals surface area (Å²) < 4.78 is 9.47. The van der Waals surface area contributed by atoms with E-state index in [1.54, 1.807) is 6.92 Å². The normalized spacial score (nSPS) is 9.50. The zero-order valence-electron chi connectivity index (χ0n) is 6.96. The van der Waals surface area contributed by atoms with Gasteiger partial charge in [-0.2, -0.15) is 0 Å². The first-order valence-electron chi connectivity index (χ1n) is 3.56. The van der Waals surface area contributed by atoms with Gasteiger partial charge in [0.15, 0.2) is 0 Å². The SMILES string of the molecule is CCC(=O)Nc1cc(OC)no1. The summed E-state index contributed by atoms with van der Waals surface area (Å²) in [5, 5.41) is 6.01. The third kappa shape index (κ3) is 1.98. The van der Waals surface area contributed by atoms with E-state index in [0.717, 1.165) is 0 Å². The number of nitrogens with one attached hydrogen (secondary N) is 1. The van der Waals surface area contributed by atoms with Crippen LogP contribution in [-0.4, -0.2) is 18.2 Å². The van der Waals surface area contributed by atoms with Gasteiger partial charge in [0, 0.05) is 6.42 Å². The lowest BCUT2D eigenvalue weighted by molar-refractivity contribution is -0.116. The predicted molar refractivity (Wildman–Crippen MR) is 42.0 cm³/mol. The number of methoxy groups -OCH3 is 1. The van der Waals surface area contributed by atoms with Crippen LogP contribution >= 0.6 is 0 Å². The van der Waals surface area contributed by atoms with Gasteiger partial charge in [-0.25, -0.2) is 0 Å². The van der Waals surface area contributed by atoms with Crippen molar-refractivity contribution in [3.05, 3.63) is 6.07 Å². The molecule has 0 saturated heterocycles. The summed E-state index contributed by atoms with van der Waals surface area (Å²) in [4.78, 5) is 10.8. The van der Waals surface area contributed by atoms with Crippen LogP contribution in [-0.2, 0) is 4.79 Å². The molecule has 1 aromatic rings. The highest BCUT2D eigenvalue weighted by atomic mass is 16.5. The minimum absolute atomic E-state index is 0.117. The number of hydrogen-bond acceptors (Lipinski definition) is 4. The molecule has 1 amide bonds. The van der Waals surface area contributed by atoms with Crippen molar-refractivity contribution in [3.8, 4) is 5.88 Å². The van der Waals surface area contributed by atoms with Crippen molar-refractivity contribution in [2.75, 3.05) is 12.4 Å². The Labute approximate surface area is 69.7 Å². The fourth-order valence-electron chi connectivity index (χ4n) is 0.640. The van der Waals surface area contributed by atoms with Crippen LogP contribution in [0.3, 0.4) is 0 Å². The zero-order valence-corrected chi connectivity index (χ0v) is 6.96. The summed E-state index contributed by atoms with van der Waals surface area (Å²) >= 11 is 0. The number of aromatic nitrogens is 1. The van der Waals surface area contributed by atoms with Crippen LogP contribution < -0.4 is 10.1 Å². The van der Waals surface area contributed by atoms with Gasteiger partial charge in [-0.3, -0.25) is 10.1 Å². The van der Waals surface area contributed by atoms with E-state index in [4.69, 9.17) is 9.26 Å². The van der Waals surface area contributed by atoms with Gasteiger partial charge in [0.05, 0.1) is 13.2 Å². The van der Waals surface area contributed by atoms with Crippen LogP contribution in [0.4, 0.5) is 5.88 Å². The van der Waals surface area contributed by atoms with Crippen LogP contribution in [0.2, 0.25) is 0 Å². The highest BCUT2D eigenvalue weighted by molar-refractivity contribution is 5.89. The molecule has 0 unspecified atom stereocenters. The van der Waals surface area contributed by atoms with Crippen molar-refractivity contribution in [1.82, 2.24) is 5.16 Å². The molecule has 5 nitrogen and oxygen atoms in total. The van der Waals surface area contributed by atoms with E-state index in [9.17, 15) is 4.79 Å². The molecular weight excluding hydrogens is 160 g/mol. The van der Waals surface area contributed by atoms with Crippen LogP contribution in [0, 0.1) is 0 Å². The van der Waals surface area contributed by atoms with E-state index in [1.165, 1.54) is 13.2 Å². The molecule has 0 bridgehead atoms. The number of carbonyl (C=O) groups is 1. The second kappa shape index (κ2) is 3.75. The van der Waals surface area contributed by atoms with Crippen LogP contribution in [0.5, 0.6) is 5.88 Å². The summed E-state index contributed by atoms with van der Waals surface area (Å²) in [7, 11) is 1.48. The Morgan fingerprint density at radius 3 is 3.08 bits per heavy atom. The lowest BCUT2D eigenvalue weighted by atomic mass is 10.4. The van der Waals surface area contributed by atoms with Crippen molar-refractivity contribution in [1.29, 1.82) is 0 Å². The standard InChI is InChI=1S/C7H10N2O3/c1-3-5(10)8-6-4-7(11-2)9-12-6/h4H,3H2,1-2H3,(H,8,10). The molecule has 0 aliphatic rings. The minimum Gasteiger partial charge on any atom is -0.479 e. The molecular formula is C7H10N2O3. The van der Waals surface area contributed by atoms with E-state index in [-0.39, 0.29) is 5.91 Å². The van der Waals surface area contributed by atoms with Crippen LogP contribution in [0.25, 0.3) is 0 Å². The number of anilines is 1. The minimum atomic E-state index is -0.117. The Hall–Kier alpha value is -1.52. The van der Waals surface area contributed by atoms with Gasteiger partial charge in [-0.1, -0.05) is 6.92 Å². The third-order valence-corrected chi connectivity index (χ3v) is 1.28. The second-order valence-electron chi connectivity index (χ2n) is 2.14. The number of nitrogens with zero attached hydrogens (tertiary/aromatic N) is 1. The molecule has 0 saturated carbocycles. The number of rotatable bonds is 3. The molecule has 1 N–H and O–H groups in total. The van der Waals surface area contributed by atoms with E-state index in [1.807, 2.05) is 0 Å². The highest BCUT2D eigenvalue weighted by Crippen LogP contribution is 2.15. The van der Waals surface area contributed by atoms with E-state index < -0.39 is 0 Å². The molecule has 0 aliphatic carbocycles. The molecule has 0 spiro atoms. The molecule has 1 rings (SSSR count). The molecule has 66 valence electrons. The zero-order chi connectivity index (χ0) is 8.97. The van der Waals surface area contributed by atoms with Gasteiger partial charge in [0.1, 0.15) is 0 Å². The van der Waals surface area contributed by atoms with Crippen molar-refractivity contribution < 1.29 is 14.1 Å². The predicted octanol–water partition coefficient (Wildman–Crippen LogP) is 1.03. The molecule has 0 atom stereocenters. The number of carbonyl (C=O) groups excluding carboxylic acids is 1. The maximum Gasteiger partial charge on any atom is 0.256 e. The molecule has 0 fully saturated rings. The highest BCUT2D eigenvalue weighted by Gasteiger charge is 2.05. The summed E-state index contributed by atoms with van der Waals surface area (Å²) in [6, 6.07) is 1.51. The average Bonchev–Trinajstić information content (AvgIpc) is 2.52. The largest absolute Gasteiger partial charge is 0.479 e. The van der Waals surface area contributed by atoms with Crippen molar-refractivity contribution in [2.24, 2.45) is 0 Å². The Balaban J connectivity index is 2.58. The monoisotopic (exact) mass is 170 g/mol. The van der Waals surface area contributed by atoms with Gasteiger partial charge >= 0.3 is 0 Å². The third-order valence-electron chi connectivity index (χ3n) is 1.28. The number of hydrogen-bond donors (Lipinski definition) is 1. The number of ether oxygens (including phenoxy) is 1. The summed E-state index contributed by atoms with van der Waals surface area (Å²) in [6.07, 6.45) is 0.406. The van der Waals surface area contributed by atoms with Crippen molar-refractivity contribution in [2.45, 2.75) is 13.3 Å². The molecule has 5 heteroatoms. The van der Waals surface area contributed by atoms with Crippen LogP contribution in [0.15, 0.2) is 10.6 Å². The fourth-order valence-corrected chi connectivity index (χ4v) is 0.640. The Bertz CT molecular complexity index is 269. The molecule has 0 aromatic carbocycles. The van der Waals surface area contributed by atoms with Gasteiger partial charge < -0.3 is 9.26 Å². The summed E-state index contributed by atoms with van der Waals surface area (Å²) in [5.41, 5.74) is 0. The van der Waals surface area contributed by atoms with Gasteiger partial charge in [0.2, 0.25) is 11.8 Å². The van der Waals surface area contributed by atoms with E-state index >= 15 is 0 Å². The Morgan fingerprint density at radius 1 is 1.83 bits per heavy atom. The maximum absolute atomic E-state index is 10.8. The number of amides is 1. The molecule has 0 radical (unpaired) electrons. The first kappa shape index (κ1) is 8.58. The molecule has 0 aliphatic heterocycles. The fraction of sp³-hybridized carbons (Fsp3) is 0.429. The molecule has 1 aromatic heterocycles. The lowest BCUT2D eigenvalue weighted by Crippen LogP contribution is -2.08. The van der Waals surface area contributed by atoms with Gasteiger partial charge in [-0.15, -0.1) is 0 Å². The Kier molecular flexibility index (Phi) is 2.68. The maximum atomic E-state index is 10.8. The van der Waals surface area contributed by atoms with Crippen molar-refractivity contribution in [3.63, 3.8) is 0 Å². The first-order valence-corrected chi connectivity index (χ1v) is 3.56. The van der Waals surface area contributed by atoms with E-state index in [0.29, 0.717) is 18.2 Å². The average molecular weight is 170 g/mol. The lowest BCUT2D eigenvalue weighted by Gasteiger charge is -1.94. The topological polar surface area (TPSA) is 64.4 Å². The quantitative estimate of drug-likeness (QED) is 0.735. The van der Waals surface area contributed by atoms with Crippen molar-refractivity contribution >= 4 is 11.8 Å². The summed E-state index contributed by atoms with van der Waals surface area (Å²) in [5.74, 6) is 0.536. The van der Waals surface area contributed by atoms with E-state index in [2.05, 4.69) is 10.5 Å². The first-order chi connectivity index (χ1) is 5.76. The van der Waals surface area contributed by atoms with Gasteiger partial charge in [-0.05, 0) is 5.16 Å². The summed E-state index contributed by atoms with van der Waals surface area (Å²) in [6.45, 7) is 1.75. The second-order valence-corrected chi connectivity index (χ2v) is 2.14. The molecule has 1 heterocycles. The Morgan fingerprint density at radius 2 is 2.58 bits per heavy atom. The van der Waals surface area contributed by atoms with Crippen LogP contribution in [0.1, 0.15) is 13.3 Å².